The first-order valence-corrected chi connectivity index (χ1v) is 5.95. The molecule has 0 saturated carbocycles. The maximum absolute atomic E-state index is 11.4. The molecule has 0 saturated heterocycles. The molecule has 0 aliphatic rings. The van der Waals surface area contributed by atoms with E-state index in [1.807, 2.05) is 6.92 Å². The molecule has 0 spiro atoms. The molecule has 16 heavy (non-hydrogen) atoms. The van der Waals surface area contributed by atoms with E-state index in [1.54, 1.807) is 0 Å². The topological polar surface area (TPSA) is 79.3 Å². The van der Waals surface area contributed by atoms with Gasteiger partial charge in [0.05, 0.1) is 6.42 Å². The molecule has 1 rings (SSSR count). The SMILES string of the molecule is CCCCNC(=O)Cc1nc(C(=O)O)cs1. The number of aromatic carboxylic acids is 1. The Bertz CT molecular complexity index is 376. The average Bonchev–Trinajstić information content (AvgIpc) is 2.66. The number of carboxylic acid groups (broad SMARTS) is 1. The van der Waals surface area contributed by atoms with Gasteiger partial charge in [0.15, 0.2) is 5.69 Å². The number of nitrogens with zero attached hydrogens (tertiary/aromatic N) is 1. The second-order valence-electron chi connectivity index (χ2n) is 3.31. The molecule has 0 aliphatic heterocycles. The number of hydrogen-bond acceptors (Lipinski definition) is 4. The van der Waals surface area contributed by atoms with E-state index in [-0.39, 0.29) is 18.0 Å². The number of rotatable bonds is 6. The summed E-state index contributed by atoms with van der Waals surface area (Å²) in [6.45, 7) is 2.71. The Morgan fingerprint density at radius 3 is 2.88 bits per heavy atom. The third-order valence-corrected chi connectivity index (χ3v) is 2.78. The number of thiazole rings is 1. The second-order valence-corrected chi connectivity index (χ2v) is 4.25. The molecule has 0 bridgehead atoms. The van der Waals surface area contributed by atoms with Crippen molar-refractivity contribution in [2.75, 3.05) is 6.54 Å². The highest BCUT2D eigenvalue weighted by Crippen LogP contribution is 2.10. The summed E-state index contributed by atoms with van der Waals surface area (Å²) >= 11 is 1.19. The summed E-state index contributed by atoms with van der Waals surface area (Å²) in [5.41, 5.74) is 0.00126. The molecular formula is C10H14N2O3S. The lowest BCUT2D eigenvalue weighted by Crippen LogP contribution is -2.25. The number of carbonyl (C=O) groups excluding carboxylic acids is 1. The monoisotopic (exact) mass is 242 g/mol. The summed E-state index contributed by atoms with van der Waals surface area (Å²) < 4.78 is 0. The second kappa shape index (κ2) is 6.22. The van der Waals surface area contributed by atoms with Gasteiger partial charge in [-0.15, -0.1) is 11.3 Å². The highest BCUT2D eigenvalue weighted by atomic mass is 32.1. The van der Waals surface area contributed by atoms with E-state index in [4.69, 9.17) is 5.11 Å². The number of nitrogens with one attached hydrogen (secondary N) is 1. The van der Waals surface area contributed by atoms with Gasteiger partial charge in [-0.3, -0.25) is 4.79 Å². The Kier molecular flexibility index (Phi) is 4.91. The molecule has 0 unspecified atom stereocenters. The molecular weight excluding hydrogens is 228 g/mol. The van der Waals surface area contributed by atoms with Gasteiger partial charge < -0.3 is 10.4 Å². The van der Waals surface area contributed by atoms with Gasteiger partial charge in [-0.2, -0.15) is 0 Å². The Balaban J connectivity index is 2.40. The summed E-state index contributed by atoms with van der Waals surface area (Å²) in [4.78, 5) is 25.8. The number of carbonyl (C=O) groups is 2. The van der Waals surface area contributed by atoms with Crippen LogP contribution in [0.4, 0.5) is 0 Å². The summed E-state index contributed by atoms with van der Waals surface area (Å²) in [7, 11) is 0. The van der Waals surface area contributed by atoms with Gasteiger partial charge in [0.1, 0.15) is 5.01 Å². The predicted molar refractivity (Wildman–Crippen MR) is 60.7 cm³/mol. The fourth-order valence-corrected chi connectivity index (χ4v) is 1.86. The van der Waals surface area contributed by atoms with Crippen LogP contribution in [0.5, 0.6) is 0 Å². The smallest absolute Gasteiger partial charge is 0.355 e. The Hall–Kier alpha value is -1.43. The maximum Gasteiger partial charge on any atom is 0.355 e. The molecule has 0 fully saturated rings. The van der Waals surface area contributed by atoms with Crippen LogP contribution in [0.3, 0.4) is 0 Å². The van der Waals surface area contributed by atoms with E-state index in [2.05, 4.69) is 10.3 Å². The Morgan fingerprint density at radius 2 is 2.31 bits per heavy atom. The van der Waals surface area contributed by atoms with Crippen molar-refractivity contribution in [3.05, 3.63) is 16.1 Å². The minimum absolute atomic E-state index is 0.00126. The minimum Gasteiger partial charge on any atom is -0.476 e. The standard InChI is InChI=1S/C10H14N2O3S/c1-2-3-4-11-8(13)5-9-12-7(6-16-9)10(14)15/h6H,2-5H2,1H3,(H,11,13)(H,14,15). The lowest BCUT2D eigenvalue weighted by Gasteiger charge is -2.01. The van der Waals surface area contributed by atoms with E-state index in [9.17, 15) is 9.59 Å². The highest BCUT2D eigenvalue weighted by Gasteiger charge is 2.11. The van der Waals surface area contributed by atoms with Gasteiger partial charge in [0.25, 0.3) is 0 Å². The Labute approximate surface area is 97.5 Å². The van der Waals surface area contributed by atoms with E-state index in [0.717, 1.165) is 12.8 Å². The van der Waals surface area contributed by atoms with E-state index in [0.29, 0.717) is 11.6 Å². The number of carboxylic acids is 1. The zero-order valence-corrected chi connectivity index (χ0v) is 9.84. The van der Waals surface area contributed by atoms with Gasteiger partial charge in [-0.05, 0) is 6.42 Å². The first kappa shape index (κ1) is 12.6. The van der Waals surface area contributed by atoms with Crippen LogP contribution in [0.15, 0.2) is 5.38 Å². The Morgan fingerprint density at radius 1 is 1.56 bits per heavy atom. The fraction of sp³-hybridized carbons (Fsp3) is 0.500. The molecule has 88 valence electrons. The molecule has 1 heterocycles. The normalized spacial score (nSPS) is 10.1. The third-order valence-electron chi connectivity index (χ3n) is 1.94. The van der Waals surface area contributed by atoms with Crippen molar-refractivity contribution < 1.29 is 14.7 Å². The van der Waals surface area contributed by atoms with E-state index >= 15 is 0 Å². The molecule has 1 aromatic heterocycles. The molecule has 5 nitrogen and oxygen atoms in total. The van der Waals surface area contributed by atoms with Gasteiger partial charge in [0, 0.05) is 11.9 Å². The van der Waals surface area contributed by atoms with Crippen LogP contribution in [0.25, 0.3) is 0 Å². The fourth-order valence-electron chi connectivity index (χ4n) is 1.09. The van der Waals surface area contributed by atoms with Crippen molar-refractivity contribution in [2.24, 2.45) is 0 Å². The number of aromatic nitrogens is 1. The summed E-state index contributed by atoms with van der Waals surface area (Å²) in [6, 6.07) is 0. The van der Waals surface area contributed by atoms with Gasteiger partial charge in [-0.25, -0.2) is 9.78 Å². The van der Waals surface area contributed by atoms with Crippen LogP contribution in [0.2, 0.25) is 0 Å². The summed E-state index contributed by atoms with van der Waals surface area (Å²) in [6.07, 6.45) is 2.13. The van der Waals surface area contributed by atoms with Crippen molar-refractivity contribution in [3.63, 3.8) is 0 Å². The first-order chi connectivity index (χ1) is 7.63. The molecule has 0 atom stereocenters. The van der Waals surface area contributed by atoms with Crippen molar-refractivity contribution in [1.29, 1.82) is 0 Å². The van der Waals surface area contributed by atoms with Crippen molar-refractivity contribution in [3.8, 4) is 0 Å². The lowest BCUT2D eigenvalue weighted by atomic mass is 10.3. The van der Waals surface area contributed by atoms with Crippen molar-refractivity contribution in [1.82, 2.24) is 10.3 Å². The molecule has 2 N–H and O–H groups in total. The van der Waals surface area contributed by atoms with Crippen LogP contribution in [0.1, 0.15) is 35.3 Å². The van der Waals surface area contributed by atoms with Crippen LogP contribution in [-0.4, -0.2) is 28.5 Å². The summed E-state index contributed by atoms with van der Waals surface area (Å²) in [5.74, 6) is -1.17. The number of amides is 1. The lowest BCUT2D eigenvalue weighted by molar-refractivity contribution is -0.120. The molecule has 0 radical (unpaired) electrons. The van der Waals surface area contributed by atoms with Crippen molar-refractivity contribution in [2.45, 2.75) is 26.2 Å². The third kappa shape index (κ3) is 3.98. The molecule has 0 aromatic carbocycles. The van der Waals surface area contributed by atoms with Crippen LogP contribution in [-0.2, 0) is 11.2 Å². The number of hydrogen-bond donors (Lipinski definition) is 2. The maximum atomic E-state index is 11.4. The molecule has 1 aromatic rings. The minimum atomic E-state index is -1.06. The van der Waals surface area contributed by atoms with E-state index < -0.39 is 5.97 Å². The van der Waals surface area contributed by atoms with E-state index in [1.165, 1.54) is 16.7 Å². The average molecular weight is 242 g/mol. The first-order valence-electron chi connectivity index (χ1n) is 5.08. The van der Waals surface area contributed by atoms with Gasteiger partial charge in [-0.1, -0.05) is 13.3 Å². The van der Waals surface area contributed by atoms with Crippen LogP contribution >= 0.6 is 11.3 Å². The highest BCUT2D eigenvalue weighted by molar-refractivity contribution is 7.09. The van der Waals surface area contributed by atoms with Gasteiger partial charge in [0.2, 0.25) is 5.91 Å². The zero-order valence-electron chi connectivity index (χ0n) is 9.02. The molecule has 0 aliphatic carbocycles. The molecule has 1 amide bonds. The van der Waals surface area contributed by atoms with Crippen LogP contribution < -0.4 is 5.32 Å². The quantitative estimate of drug-likeness (QED) is 0.737. The van der Waals surface area contributed by atoms with Crippen molar-refractivity contribution >= 4 is 23.2 Å². The predicted octanol–water partition coefficient (Wildman–Crippen LogP) is 1.30. The van der Waals surface area contributed by atoms with Gasteiger partial charge >= 0.3 is 5.97 Å². The van der Waals surface area contributed by atoms with Crippen LogP contribution in [0, 0.1) is 0 Å². The number of unbranched alkanes of at least 4 members (excludes halogenated alkanes) is 1. The largest absolute Gasteiger partial charge is 0.476 e. The summed E-state index contributed by atoms with van der Waals surface area (Å²) in [5, 5.41) is 13.4. The molecule has 6 heteroatoms. The zero-order chi connectivity index (χ0) is 12.0.